The van der Waals surface area contributed by atoms with Crippen molar-refractivity contribution in [2.24, 2.45) is 0 Å². The third-order valence-corrected chi connectivity index (χ3v) is 8.30. The van der Waals surface area contributed by atoms with Gasteiger partial charge in [0.25, 0.3) is 5.91 Å². The lowest BCUT2D eigenvalue weighted by Crippen LogP contribution is -2.73. The van der Waals surface area contributed by atoms with E-state index in [1.54, 1.807) is 11.9 Å². The second kappa shape index (κ2) is 17.7. The van der Waals surface area contributed by atoms with Crippen LogP contribution in [0.2, 0.25) is 0 Å². The first-order valence-corrected chi connectivity index (χ1v) is 15.8. The fraction of sp³-hybridized carbons (Fsp3) is 0.571. The summed E-state index contributed by atoms with van der Waals surface area (Å²) in [6.45, 7) is 10.6. The maximum absolute atomic E-state index is 14.6. The van der Waals surface area contributed by atoms with Gasteiger partial charge in [0, 0.05) is 33.6 Å². The van der Waals surface area contributed by atoms with E-state index in [9.17, 15) is 9.59 Å². The quantitative estimate of drug-likeness (QED) is 0.194. The van der Waals surface area contributed by atoms with E-state index in [1.807, 2.05) is 44.0 Å². The predicted octanol–water partition coefficient (Wildman–Crippen LogP) is 5.82. The molecule has 0 saturated carbocycles. The second-order valence-corrected chi connectivity index (χ2v) is 11.8. The van der Waals surface area contributed by atoms with Gasteiger partial charge in [-0.1, -0.05) is 107 Å². The summed E-state index contributed by atoms with van der Waals surface area (Å²) in [6.07, 6.45) is 10.3. The molecule has 1 aliphatic heterocycles. The van der Waals surface area contributed by atoms with Crippen LogP contribution in [0.4, 0.5) is 0 Å². The Morgan fingerprint density at radius 1 is 0.786 bits per heavy atom. The van der Waals surface area contributed by atoms with Crippen molar-refractivity contribution in [3.05, 3.63) is 71.3 Å². The highest BCUT2D eigenvalue weighted by Gasteiger charge is 2.58. The molecule has 0 radical (unpaired) electrons. The van der Waals surface area contributed by atoms with E-state index in [2.05, 4.69) is 60.9 Å². The molecule has 3 amide bonds. The van der Waals surface area contributed by atoms with Crippen molar-refractivity contribution in [2.45, 2.75) is 103 Å². The van der Waals surface area contributed by atoms with Crippen LogP contribution in [0.1, 0.15) is 95.8 Å². The van der Waals surface area contributed by atoms with E-state index in [4.69, 9.17) is 4.79 Å². The highest BCUT2D eigenvalue weighted by molar-refractivity contribution is 6.02. The number of nitrogens with one attached hydrogen (secondary N) is 2. The highest BCUT2D eigenvalue weighted by atomic mass is 16.2. The summed E-state index contributed by atoms with van der Waals surface area (Å²) in [5, 5.41) is 5.74. The molecular formula is C35H54N4O3. The second-order valence-electron chi connectivity index (χ2n) is 11.8. The van der Waals surface area contributed by atoms with Crippen molar-refractivity contribution in [1.82, 2.24) is 20.4 Å². The minimum atomic E-state index is -1.08. The van der Waals surface area contributed by atoms with E-state index in [0.29, 0.717) is 19.4 Å². The van der Waals surface area contributed by atoms with Gasteiger partial charge >= 0.3 is 0 Å². The Balaban J connectivity index is 0.00000144. The van der Waals surface area contributed by atoms with Crippen molar-refractivity contribution >= 4 is 18.2 Å². The van der Waals surface area contributed by atoms with Gasteiger partial charge in [-0.2, -0.15) is 0 Å². The first-order valence-electron chi connectivity index (χ1n) is 15.8. The normalized spacial score (nSPS) is 18.0. The number of rotatable bonds is 16. The van der Waals surface area contributed by atoms with Crippen molar-refractivity contribution < 1.29 is 14.4 Å². The van der Waals surface area contributed by atoms with Gasteiger partial charge in [0.15, 0.2) is 5.54 Å². The van der Waals surface area contributed by atoms with E-state index < -0.39 is 11.1 Å². The molecule has 232 valence electrons. The van der Waals surface area contributed by atoms with Crippen LogP contribution in [0.15, 0.2) is 54.6 Å². The molecule has 1 heterocycles. The zero-order valence-corrected chi connectivity index (χ0v) is 26.9. The van der Waals surface area contributed by atoms with Crippen LogP contribution in [-0.4, -0.2) is 60.7 Å². The largest absolute Gasteiger partial charge is 0.362 e. The van der Waals surface area contributed by atoms with E-state index in [-0.39, 0.29) is 11.8 Å². The molecule has 1 saturated heterocycles. The lowest BCUT2D eigenvalue weighted by Gasteiger charge is -2.55. The van der Waals surface area contributed by atoms with Gasteiger partial charge in [0.05, 0.1) is 0 Å². The fourth-order valence-electron chi connectivity index (χ4n) is 5.69. The number of unbranched alkanes of at least 4 members (excludes halogenated alkanes) is 6. The fourth-order valence-corrected chi connectivity index (χ4v) is 5.69. The van der Waals surface area contributed by atoms with Crippen LogP contribution in [0, 0.1) is 0 Å². The first kappa shape index (κ1) is 35.0. The van der Waals surface area contributed by atoms with E-state index >= 15 is 0 Å². The molecule has 3 rings (SSSR count). The molecule has 7 heteroatoms. The standard InChI is InChI=1S/C33H49N3O2.C2H5NO/c1-6-8-10-11-12-16-24-36-31(38)33(25-27-17-14-13-15-18-27,35(5)30(37)32(36,3)4)29-21-19-28(20-22-29)26-34-23-9-7-2;1-3-2-4/h13-15,17-22,34H,6-12,16,23-26H2,1-5H3;2H,1H3,(H,3,4)/t33-;/m0./s1. The number of benzene rings is 2. The average Bonchev–Trinajstić information content (AvgIpc) is 3.01. The SMILES string of the molecule is CCCCCCCCN1C(=O)[C@](Cc2ccccc2)(c2ccc(CNCCCC)cc2)N(C)C(=O)C1(C)C.CNC=O. The number of amides is 3. The van der Waals surface area contributed by atoms with Crippen LogP contribution in [0.5, 0.6) is 0 Å². The van der Waals surface area contributed by atoms with Crippen LogP contribution in [0.25, 0.3) is 0 Å². The summed E-state index contributed by atoms with van der Waals surface area (Å²) in [6, 6.07) is 18.4. The van der Waals surface area contributed by atoms with Gasteiger partial charge in [-0.3, -0.25) is 14.4 Å². The Labute approximate surface area is 254 Å². The van der Waals surface area contributed by atoms with Crippen LogP contribution >= 0.6 is 0 Å². The highest BCUT2D eigenvalue weighted by Crippen LogP contribution is 2.42. The number of hydrogen-bond donors (Lipinski definition) is 2. The van der Waals surface area contributed by atoms with E-state index in [0.717, 1.165) is 43.5 Å². The maximum Gasteiger partial charge on any atom is 0.254 e. The maximum atomic E-state index is 14.6. The number of carbonyl (C=O) groups excluding carboxylic acids is 3. The summed E-state index contributed by atoms with van der Waals surface area (Å²) in [5.74, 6) is 0.0140. The first-order chi connectivity index (χ1) is 20.2. The molecule has 0 spiro atoms. The third kappa shape index (κ3) is 8.90. The molecule has 7 nitrogen and oxygen atoms in total. The number of carbonyl (C=O) groups is 3. The monoisotopic (exact) mass is 578 g/mol. The summed E-state index contributed by atoms with van der Waals surface area (Å²) >= 11 is 0. The lowest BCUT2D eigenvalue weighted by molar-refractivity contribution is -0.177. The van der Waals surface area contributed by atoms with Crippen molar-refractivity contribution in [1.29, 1.82) is 0 Å². The minimum Gasteiger partial charge on any atom is -0.362 e. The molecule has 1 atom stereocenters. The molecule has 2 N–H and O–H groups in total. The molecular weight excluding hydrogens is 524 g/mol. The molecule has 0 bridgehead atoms. The Morgan fingerprint density at radius 3 is 1.98 bits per heavy atom. The van der Waals surface area contributed by atoms with Crippen LogP contribution in [0.3, 0.4) is 0 Å². The van der Waals surface area contributed by atoms with Gasteiger partial charge in [0.2, 0.25) is 12.3 Å². The summed E-state index contributed by atoms with van der Waals surface area (Å²) in [5.41, 5.74) is 1.15. The molecule has 1 fully saturated rings. The Morgan fingerprint density at radius 2 is 1.38 bits per heavy atom. The molecule has 0 unspecified atom stereocenters. The summed E-state index contributed by atoms with van der Waals surface area (Å²) < 4.78 is 0. The molecule has 42 heavy (non-hydrogen) atoms. The number of hydrogen-bond acceptors (Lipinski definition) is 4. The Kier molecular flexibility index (Phi) is 14.7. The van der Waals surface area contributed by atoms with Crippen molar-refractivity contribution in [3.63, 3.8) is 0 Å². The van der Waals surface area contributed by atoms with Gasteiger partial charge in [-0.25, -0.2) is 0 Å². The summed E-state index contributed by atoms with van der Waals surface area (Å²) in [4.78, 5) is 41.3. The zero-order valence-electron chi connectivity index (χ0n) is 26.9. The van der Waals surface area contributed by atoms with E-state index in [1.165, 1.54) is 37.7 Å². The lowest BCUT2D eigenvalue weighted by atomic mass is 9.76. The van der Waals surface area contributed by atoms with Gasteiger partial charge in [-0.15, -0.1) is 0 Å². The smallest absolute Gasteiger partial charge is 0.254 e. The third-order valence-electron chi connectivity index (χ3n) is 8.30. The van der Waals surface area contributed by atoms with Gasteiger partial charge in [0.1, 0.15) is 5.54 Å². The van der Waals surface area contributed by atoms with Gasteiger partial charge < -0.3 is 20.4 Å². The topological polar surface area (TPSA) is 81.8 Å². The number of likely N-dealkylation sites (N-methyl/N-ethyl adjacent to an activating group) is 1. The molecule has 0 aromatic heterocycles. The summed E-state index contributed by atoms with van der Waals surface area (Å²) in [7, 11) is 3.38. The molecule has 2 aromatic rings. The van der Waals surface area contributed by atoms with Crippen LogP contribution < -0.4 is 10.6 Å². The Hall–Kier alpha value is -3.19. The molecule has 1 aliphatic rings. The average molecular weight is 579 g/mol. The zero-order chi connectivity index (χ0) is 31.0. The van der Waals surface area contributed by atoms with Gasteiger partial charge in [-0.05, 0) is 49.9 Å². The van der Waals surface area contributed by atoms with Crippen LogP contribution in [-0.2, 0) is 32.9 Å². The predicted molar refractivity (Wildman–Crippen MR) is 172 cm³/mol. The number of piperazine rings is 1. The Bertz CT molecular complexity index is 1090. The molecule has 0 aliphatic carbocycles. The van der Waals surface area contributed by atoms with Crippen molar-refractivity contribution in [2.75, 3.05) is 27.2 Å². The minimum absolute atomic E-state index is 0.00989. The molecule has 2 aromatic carbocycles. The van der Waals surface area contributed by atoms with Crippen molar-refractivity contribution in [3.8, 4) is 0 Å². The number of nitrogens with zero attached hydrogens (tertiary/aromatic N) is 2.